The smallest absolute Gasteiger partial charge is 0.237 e. The molecule has 2 fully saturated rings. The number of nitrogens with zero attached hydrogens (tertiary/aromatic N) is 2. The lowest BCUT2D eigenvalue weighted by Gasteiger charge is -2.36. The molecule has 2 amide bonds. The fraction of sp³-hybridized carbons (Fsp3) is 0.846. The average Bonchev–Trinajstić information content (AvgIpc) is 2.49. The first-order valence-electron chi connectivity index (χ1n) is 7.22. The number of hydrazine groups is 1. The lowest BCUT2D eigenvalue weighted by atomic mass is 9.96. The van der Waals surface area contributed by atoms with Crippen LogP contribution in [-0.2, 0) is 9.59 Å². The summed E-state index contributed by atoms with van der Waals surface area (Å²) in [6.07, 6.45) is 1.42. The maximum atomic E-state index is 12.3. The largest absolute Gasteiger partial charge is 0.342 e. The Balaban J connectivity index is 1.78. The Morgan fingerprint density at radius 2 is 2.00 bits per heavy atom. The molecule has 2 heterocycles. The molecule has 0 bridgehead atoms. The monoisotopic (exact) mass is 300 g/mol. The van der Waals surface area contributed by atoms with Crippen LogP contribution >= 0.6 is 11.8 Å². The van der Waals surface area contributed by atoms with Crippen LogP contribution in [0.5, 0.6) is 0 Å². The number of thioether (sulfide) groups is 1. The first kappa shape index (κ1) is 15.6. The molecule has 0 saturated carbocycles. The van der Waals surface area contributed by atoms with Crippen LogP contribution in [0.3, 0.4) is 0 Å². The standard InChI is InChI=1S/C13H24N4O2S/c1-10-9-20-7-6-17(10)8-12(18)16-4-2-11(3-5-16)13(19)15-14/h10-11H,2-9,14H2,1H3,(H,15,19). The predicted molar refractivity (Wildman–Crippen MR) is 80.0 cm³/mol. The Kier molecular flexibility index (Phi) is 5.68. The molecule has 0 aromatic rings. The zero-order valence-electron chi connectivity index (χ0n) is 12.0. The van der Waals surface area contributed by atoms with Crippen LogP contribution in [0, 0.1) is 5.92 Å². The minimum atomic E-state index is -0.112. The number of carbonyl (C=O) groups excluding carboxylic acids is 2. The fourth-order valence-corrected chi connectivity index (χ4v) is 3.86. The van der Waals surface area contributed by atoms with Crippen LogP contribution in [0.2, 0.25) is 0 Å². The third-order valence-corrected chi connectivity index (χ3v) is 5.39. The Morgan fingerprint density at radius 3 is 2.60 bits per heavy atom. The van der Waals surface area contributed by atoms with Crippen LogP contribution in [0.1, 0.15) is 19.8 Å². The normalized spacial score (nSPS) is 25.5. The van der Waals surface area contributed by atoms with Crippen LogP contribution in [-0.4, -0.2) is 65.3 Å². The molecule has 2 aliphatic heterocycles. The Bertz CT molecular complexity index is 358. The van der Waals surface area contributed by atoms with Crippen molar-refractivity contribution in [3.8, 4) is 0 Å². The van der Waals surface area contributed by atoms with Gasteiger partial charge in [-0.1, -0.05) is 0 Å². The van der Waals surface area contributed by atoms with Gasteiger partial charge >= 0.3 is 0 Å². The molecule has 0 spiro atoms. The number of nitrogens with one attached hydrogen (secondary N) is 1. The molecule has 1 unspecified atom stereocenters. The summed E-state index contributed by atoms with van der Waals surface area (Å²) in [5.74, 6) is 7.39. The summed E-state index contributed by atoms with van der Waals surface area (Å²) in [6, 6.07) is 0.471. The van der Waals surface area contributed by atoms with Crippen LogP contribution in [0.4, 0.5) is 0 Å². The van der Waals surface area contributed by atoms with Gasteiger partial charge in [-0.3, -0.25) is 19.9 Å². The van der Waals surface area contributed by atoms with Gasteiger partial charge in [-0.05, 0) is 19.8 Å². The summed E-state index contributed by atoms with van der Waals surface area (Å²) in [6.45, 7) is 5.00. The molecule has 0 radical (unpaired) electrons. The van der Waals surface area contributed by atoms with E-state index in [-0.39, 0.29) is 17.7 Å². The van der Waals surface area contributed by atoms with Crippen molar-refractivity contribution in [3.05, 3.63) is 0 Å². The molecule has 2 saturated heterocycles. The molecule has 0 aromatic heterocycles. The van der Waals surface area contributed by atoms with Gasteiger partial charge in [0.05, 0.1) is 6.54 Å². The van der Waals surface area contributed by atoms with E-state index in [2.05, 4.69) is 17.2 Å². The van der Waals surface area contributed by atoms with E-state index in [0.717, 1.165) is 18.1 Å². The molecular formula is C13H24N4O2S. The van der Waals surface area contributed by atoms with E-state index in [9.17, 15) is 9.59 Å². The highest BCUT2D eigenvalue weighted by molar-refractivity contribution is 7.99. The van der Waals surface area contributed by atoms with Crippen molar-refractivity contribution in [1.29, 1.82) is 0 Å². The summed E-state index contributed by atoms with van der Waals surface area (Å²) in [5, 5.41) is 0. The number of likely N-dealkylation sites (tertiary alicyclic amines) is 1. The van der Waals surface area contributed by atoms with Crippen LogP contribution in [0.15, 0.2) is 0 Å². The minimum Gasteiger partial charge on any atom is -0.342 e. The minimum absolute atomic E-state index is 0.0469. The molecule has 20 heavy (non-hydrogen) atoms. The highest BCUT2D eigenvalue weighted by Gasteiger charge is 2.29. The maximum Gasteiger partial charge on any atom is 0.237 e. The lowest BCUT2D eigenvalue weighted by Crippen LogP contribution is -2.50. The highest BCUT2D eigenvalue weighted by Crippen LogP contribution is 2.19. The van der Waals surface area contributed by atoms with E-state index in [1.54, 1.807) is 0 Å². The SMILES string of the molecule is CC1CSCCN1CC(=O)N1CCC(C(=O)NN)CC1. The molecule has 0 aliphatic carbocycles. The van der Waals surface area contributed by atoms with Crippen LogP contribution in [0.25, 0.3) is 0 Å². The summed E-state index contributed by atoms with van der Waals surface area (Å²) >= 11 is 1.95. The molecule has 0 aromatic carbocycles. The number of hydrogen-bond donors (Lipinski definition) is 2. The number of carbonyl (C=O) groups is 2. The van der Waals surface area contributed by atoms with Crippen molar-refractivity contribution < 1.29 is 9.59 Å². The molecular weight excluding hydrogens is 276 g/mol. The van der Waals surface area contributed by atoms with Gasteiger partial charge in [0.2, 0.25) is 11.8 Å². The number of piperidine rings is 1. The topological polar surface area (TPSA) is 78.7 Å². The van der Waals surface area contributed by atoms with Gasteiger partial charge < -0.3 is 4.90 Å². The van der Waals surface area contributed by atoms with Gasteiger partial charge in [-0.2, -0.15) is 11.8 Å². The Morgan fingerprint density at radius 1 is 1.30 bits per heavy atom. The van der Waals surface area contributed by atoms with Gasteiger partial charge in [-0.15, -0.1) is 0 Å². The van der Waals surface area contributed by atoms with Crippen molar-refractivity contribution in [2.45, 2.75) is 25.8 Å². The molecule has 6 nitrogen and oxygen atoms in total. The number of hydrogen-bond acceptors (Lipinski definition) is 5. The van der Waals surface area contributed by atoms with Gasteiger partial charge in [0, 0.05) is 43.1 Å². The zero-order valence-corrected chi connectivity index (χ0v) is 12.8. The van der Waals surface area contributed by atoms with Gasteiger partial charge in [0.15, 0.2) is 0 Å². The van der Waals surface area contributed by atoms with Crippen LogP contribution < -0.4 is 11.3 Å². The lowest BCUT2D eigenvalue weighted by molar-refractivity contribution is -0.136. The second-order valence-corrected chi connectivity index (χ2v) is 6.71. The van der Waals surface area contributed by atoms with E-state index in [0.29, 0.717) is 38.5 Å². The second kappa shape index (κ2) is 7.28. The molecule has 114 valence electrons. The van der Waals surface area contributed by atoms with E-state index in [1.165, 1.54) is 0 Å². The maximum absolute atomic E-state index is 12.3. The first-order chi connectivity index (χ1) is 9.61. The number of nitrogens with two attached hydrogens (primary N) is 1. The van der Waals surface area contributed by atoms with Crippen molar-refractivity contribution in [2.75, 3.05) is 37.7 Å². The zero-order chi connectivity index (χ0) is 14.5. The summed E-state index contributed by atoms with van der Waals surface area (Å²) < 4.78 is 0. The molecule has 2 rings (SSSR count). The van der Waals surface area contributed by atoms with E-state index in [1.807, 2.05) is 16.7 Å². The molecule has 2 aliphatic rings. The third kappa shape index (κ3) is 3.86. The van der Waals surface area contributed by atoms with E-state index in [4.69, 9.17) is 5.84 Å². The average molecular weight is 300 g/mol. The number of amides is 2. The second-order valence-electron chi connectivity index (χ2n) is 5.56. The van der Waals surface area contributed by atoms with Gasteiger partial charge in [0.25, 0.3) is 0 Å². The summed E-state index contributed by atoms with van der Waals surface area (Å²) in [7, 11) is 0. The molecule has 7 heteroatoms. The molecule has 3 N–H and O–H groups in total. The fourth-order valence-electron chi connectivity index (χ4n) is 2.78. The van der Waals surface area contributed by atoms with Crippen molar-refractivity contribution >= 4 is 23.6 Å². The quantitative estimate of drug-likeness (QED) is 0.423. The summed E-state index contributed by atoms with van der Waals surface area (Å²) in [4.78, 5) is 27.9. The first-order valence-corrected chi connectivity index (χ1v) is 8.37. The Hall–Kier alpha value is -0.790. The summed E-state index contributed by atoms with van der Waals surface area (Å²) in [5.41, 5.74) is 2.20. The third-order valence-electron chi connectivity index (χ3n) is 4.20. The van der Waals surface area contributed by atoms with Crippen molar-refractivity contribution in [1.82, 2.24) is 15.2 Å². The Labute approximate surface area is 124 Å². The van der Waals surface area contributed by atoms with E-state index >= 15 is 0 Å². The number of rotatable bonds is 3. The van der Waals surface area contributed by atoms with Gasteiger partial charge in [-0.25, -0.2) is 5.84 Å². The highest BCUT2D eigenvalue weighted by atomic mass is 32.2. The van der Waals surface area contributed by atoms with Crippen molar-refractivity contribution in [2.24, 2.45) is 11.8 Å². The van der Waals surface area contributed by atoms with Gasteiger partial charge in [0.1, 0.15) is 0 Å². The van der Waals surface area contributed by atoms with E-state index < -0.39 is 0 Å². The van der Waals surface area contributed by atoms with Crippen molar-refractivity contribution in [3.63, 3.8) is 0 Å². The molecule has 1 atom stereocenters. The predicted octanol–water partition coefficient (Wildman–Crippen LogP) is -0.348.